The van der Waals surface area contributed by atoms with E-state index >= 15 is 0 Å². The Morgan fingerprint density at radius 1 is 1.19 bits per heavy atom. The molecule has 0 radical (unpaired) electrons. The Balaban J connectivity index is 2.28. The molecule has 0 saturated heterocycles. The summed E-state index contributed by atoms with van der Waals surface area (Å²) in [5.74, 6) is 0.582. The van der Waals surface area contributed by atoms with E-state index in [-0.39, 0.29) is 0 Å². The molecule has 1 heterocycles. The lowest BCUT2D eigenvalue weighted by Crippen LogP contribution is -2.23. The van der Waals surface area contributed by atoms with Crippen molar-refractivity contribution in [3.05, 3.63) is 23.9 Å². The second kappa shape index (κ2) is 6.45. The Labute approximate surface area is 98.1 Å². The van der Waals surface area contributed by atoms with Crippen LogP contribution in [-0.4, -0.2) is 49.0 Å². The van der Waals surface area contributed by atoms with Crippen molar-refractivity contribution < 1.29 is 0 Å². The third-order valence-corrected chi connectivity index (χ3v) is 2.45. The minimum atomic E-state index is 0.582. The number of anilines is 1. The zero-order valence-electron chi connectivity index (χ0n) is 10.5. The van der Waals surface area contributed by atoms with E-state index in [1.54, 1.807) is 0 Å². The van der Waals surface area contributed by atoms with Gasteiger partial charge in [0.25, 0.3) is 0 Å². The molecule has 0 amide bonds. The van der Waals surface area contributed by atoms with Crippen molar-refractivity contribution in [1.82, 2.24) is 14.8 Å². The van der Waals surface area contributed by atoms with E-state index in [1.165, 1.54) is 12.0 Å². The van der Waals surface area contributed by atoms with Crippen molar-refractivity contribution in [3.63, 3.8) is 0 Å². The molecule has 0 atom stereocenters. The summed E-state index contributed by atoms with van der Waals surface area (Å²) in [6.45, 7) is 3.16. The standard InChI is InChI=1S/C12H22N4/c1-15(2)7-4-8-16(3)10-11-5-6-12(13)14-9-11/h5-6,9H,4,7-8,10H2,1-3H3,(H2,13,14). The molecule has 4 heteroatoms. The van der Waals surface area contributed by atoms with Crippen LogP contribution in [-0.2, 0) is 6.54 Å². The van der Waals surface area contributed by atoms with Gasteiger partial charge in [-0.25, -0.2) is 4.98 Å². The molecule has 4 nitrogen and oxygen atoms in total. The highest BCUT2D eigenvalue weighted by atomic mass is 15.1. The van der Waals surface area contributed by atoms with Crippen molar-refractivity contribution in [2.75, 3.05) is 40.0 Å². The summed E-state index contributed by atoms with van der Waals surface area (Å²) in [6, 6.07) is 3.88. The fraction of sp³-hybridized carbons (Fsp3) is 0.583. The number of pyridine rings is 1. The van der Waals surface area contributed by atoms with E-state index in [0.717, 1.165) is 19.6 Å². The van der Waals surface area contributed by atoms with Crippen LogP contribution in [0.15, 0.2) is 18.3 Å². The van der Waals surface area contributed by atoms with Gasteiger partial charge in [0.2, 0.25) is 0 Å². The molecule has 1 aromatic rings. The first kappa shape index (κ1) is 12.9. The number of hydrogen-bond acceptors (Lipinski definition) is 4. The van der Waals surface area contributed by atoms with Crippen LogP contribution in [0.5, 0.6) is 0 Å². The predicted octanol–water partition coefficient (Wildman–Crippen LogP) is 1.05. The molecule has 0 aliphatic rings. The van der Waals surface area contributed by atoms with Crippen molar-refractivity contribution in [2.45, 2.75) is 13.0 Å². The molecule has 0 aliphatic carbocycles. The second-order valence-electron chi connectivity index (χ2n) is 4.49. The van der Waals surface area contributed by atoms with Crippen molar-refractivity contribution >= 4 is 5.82 Å². The summed E-state index contributed by atoms with van der Waals surface area (Å²) >= 11 is 0. The summed E-state index contributed by atoms with van der Waals surface area (Å²) in [5.41, 5.74) is 6.75. The molecule has 0 bridgehead atoms. The summed E-state index contributed by atoms with van der Waals surface area (Å²) in [7, 11) is 6.33. The molecule has 90 valence electrons. The van der Waals surface area contributed by atoms with Gasteiger partial charge in [-0.1, -0.05) is 6.07 Å². The van der Waals surface area contributed by atoms with Gasteiger partial charge in [-0.05, 0) is 52.3 Å². The molecule has 0 aromatic carbocycles. The molecule has 2 N–H and O–H groups in total. The molecule has 0 saturated carbocycles. The summed E-state index contributed by atoms with van der Waals surface area (Å²) in [4.78, 5) is 8.59. The van der Waals surface area contributed by atoms with Crippen molar-refractivity contribution in [2.24, 2.45) is 0 Å². The molecular weight excluding hydrogens is 200 g/mol. The Hall–Kier alpha value is -1.13. The SMILES string of the molecule is CN(C)CCCN(C)Cc1ccc(N)nc1. The third kappa shape index (κ3) is 5.09. The van der Waals surface area contributed by atoms with Crippen LogP contribution in [0.3, 0.4) is 0 Å². The summed E-state index contributed by atoms with van der Waals surface area (Å²) in [6.07, 6.45) is 3.03. The van der Waals surface area contributed by atoms with Gasteiger partial charge >= 0.3 is 0 Å². The largest absolute Gasteiger partial charge is 0.384 e. The van der Waals surface area contributed by atoms with E-state index < -0.39 is 0 Å². The molecule has 0 unspecified atom stereocenters. The average Bonchev–Trinajstić information content (AvgIpc) is 2.21. The van der Waals surface area contributed by atoms with E-state index in [4.69, 9.17) is 5.73 Å². The number of aromatic nitrogens is 1. The molecule has 0 fully saturated rings. The first-order valence-corrected chi connectivity index (χ1v) is 5.61. The van der Waals surface area contributed by atoms with Gasteiger partial charge in [-0.2, -0.15) is 0 Å². The predicted molar refractivity (Wildman–Crippen MR) is 68.2 cm³/mol. The maximum atomic E-state index is 5.54. The number of rotatable bonds is 6. The lowest BCUT2D eigenvalue weighted by atomic mass is 10.2. The normalized spacial score (nSPS) is 11.3. The third-order valence-electron chi connectivity index (χ3n) is 2.45. The zero-order chi connectivity index (χ0) is 12.0. The topological polar surface area (TPSA) is 45.4 Å². The van der Waals surface area contributed by atoms with Crippen molar-refractivity contribution in [1.29, 1.82) is 0 Å². The van der Waals surface area contributed by atoms with Crippen LogP contribution in [0.25, 0.3) is 0 Å². The minimum Gasteiger partial charge on any atom is -0.384 e. The highest BCUT2D eigenvalue weighted by Crippen LogP contribution is 2.04. The van der Waals surface area contributed by atoms with Gasteiger partial charge in [0.1, 0.15) is 5.82 Å². The Morgan fingerprint density at radius 2 is 1.94 bits per heavy atom. The molecule has 1 rings (SSSR count). The number of nitrogens with two attached hydrogens (primary N) is 1. The van der Waals surface area contributed by atoms with Crippen LogP contribution in [0.1, 0.15) is 12.0 Å². The van der Waals surface area contributed by atoms with E-state index in [9.17, 15) is 0 Å². The molecule has 1 aromatic heterocycles. The molecule has 0 spiro atoms. The molecule has 0 aliphatic heterocycles. The van der Waals surface area contributed by atoms with Crippen molar-refractivity contribution in [3.8, 4) is 0 Å². The van der Waals surface area contributed by atoms with Crippen LogP contribution in [0.2, 0.25) is 0 Å². The second-order valence-corrected chi connectivity index (χ2v) is 4.49. The first-order valence-electron chi connectivity index (χ1n) is 5.61. The smallest absolute Gasteiger partial charge is 0.123 e. The minimum absolute atomic E-state index is 0.582. The fourth-order valence-corrected chi connectivity index (χ4v) is 1.58. The lowest BCUT2D eigenvalue weighted by Gasteiger charge is -2.18. The van der Waals surface area contributed by atoms with Gasteiger partial charge in [0.15, 0.2) is 0 Å². The number of nitrogen functional groups attached to an aromatic ring is 1. The Morgan fingerprint density at radius 3 is 2.50 bits per heavy atom. The van der Waals surface area contributed by atoms with Crippen LogP contribution in [0, 0.1) is 0 Å². The van der Waals surface area contributed by atoms with E-state index in [0.29, 0.717) is 5.82 Å². The first-order chi connectivity index (χ1) is 7.58. The lowest BCUT2D eigenvalue weighted by molar-refractivity contribution is 0.294. The van der Waals surface area contributed by atoms with Gasteiger partial charge in [0, 0.05) is 12.7 Å². The monoisotopic (exact) mass is 222 g/mol. The highest BCUT2D eigenvalue weighted by molar-refractivity contribution is 5.29. The van der Waals surface area contributed by atoms with Crippen LogP contribution in [0.4, 0.5) is 5.82 Å². The number of nitrogens with zero attached hydrogens (tertiary/aromatic N) is 3. The molecular formula is C12H22N4. The maximum absolute atomic E-state index is 5.54. The summed E-state index contributed by atoms with van der Waals surface area (Å²) < 4.78 is 0. The molecule has 16 heavy (non-hydrogen) atoms. The number of hydrogen-bond donors (Lipinski definition) is 1. The van der Waals surface area contributed by atoms with Gasteiger partial charge in [-0.3, -0.25) is 0 Å². The van der Waals surface area contributed by atoms with Gasteiger partial charge < -0.3 is 15.5 Å². The zero-order valence-corrected chi connectivity index (χ0v) is 10.5. The Kier molecular flexibility index (Phi) is 5.22. The maximum Gasteiger partial charge on any atom is 0.123 e. The van der Waals surface area contributed by atoms with Crippen LogP contribution < -0.4 is 5.73 Å². The van der Waals surface area contributed by atoms with Gasteiger partial charge in [0.05, 0.1) is 0 Å². The summed E-state index contributed by atoms with van der Waals surface area (Å²) in [5, 5.41) is 0. The quantitative estimate of drug-likeness (QED) is 0.781. The van der Waals surface area contributed by atoms with Crippen LogP contribution >= 0.6 is 0 Å². The van der Waals surface area contributed by atoms with E-state index in [2.05, 4.69) is 35.9 Å². The van der Waals surface area contributed by atoms with Gasteiger partial charge in [-0.15, -0.1) is 0 Å². The van der Waals surface area contributed by atoms with E-state index in [1.807, 2.05) is 18.3 Å². The average molecular weight is 222 g/mol. The Bertz CT molecular complexity index is 294. The fourth-order valence-electron chi connectivity index (χ4n) is 1.58. The highest BCUT2D eigenvalue weighted by Gasteiger charge is 2.01.